The lowest BCUT2D eigenvalue weighted by Gasteiger charge is -2.71. The fourth-order valence-electron chi connectivity index (χ4n) is 10.0. The second kappa shape index (κ2) is 5.32. The van der Waals surface area contributed by atoms with Crippen LogP contribution in [0.1, 0.15) is 76.6 Å². The van der Waals surface area contributed by atoms with E-state index in [2.05, 4.69) is 76.3 Å². The molecule has 0 spiro atoms. The van der Waals surface area contributed by atoms with E-state index in [0.717, 1.165) is 25.7 Å². The minimum Gasteiger partial charge on any atom is -0.246 e. The Bertz CT molecular complexity index is 1490. The third-order valence-electron chi connectivity index (χ3n) is 12.3. The molecule has 7 aliphatic rings. The Labute approximate surface area is 199 Å². The van der Waals surface area contributed by atoms with Gasteiger partial charge in [0.05, 0.1) is 17.0 Å². The molecule has 1 aromatic carbocycles. The number of aromatic nitrogens is 3. The van der Waals surface area contributed by atoms with Crippen LogP contribution in [0.25, 0.3) is 0 Å². The molecule has 9 rings (SSSR count). The molecule has 1 aromatic heterocycles. The first-order chi connectivity index (χ1) is 16.1. The molecule has 5 aliphatic carbocycles. The number of fused-ring (bicyclic) bond motifs is 3. The molecule has 0 amide bonds. The molecule has 3 heterocycles. The van der Waals surface area contributed by atoms with Crippen LogP contribution < -0.4 is 11.4 Å². The van der Waals surface area contributed by atoms with Crippen molar-refractivity contribution in [1.82, 2.24) is 13.9 Å². The largest absolute Gasteiger partial charge is 0.348 e. The summed E-state index contributed by atoms with van der Waals surface area (Å²) in [4.78, 5) is 28.6. The number of benzene rings is 1. The van der Waals surface area contributed by atoms with Crippen LogP contribution in [0.15, 0.2) is 58.2 Å². The first-order valence-corrected chi connectivity index (χ1v) is 13.1. The number of hydrogen-bond donors (Lipinski definition) is 0. The van der Waals surface area contributed by atoms with Crippen LogP contribution in [-0.4, -0.2) is 13.9 Å². The minimum absolute atomic E-state index is 0.0234. The van der Waals surface area contributed by atoms with Crippen LogP contribution in [-0.2, 0) is 17.4 Å². The number of nitrogens with zero attached hydrogens (tertiary/aromatic N) is 3. The molecule has 2 fully saturated rings. The van der Waals surface area contributed by atoms with Gasteiger partial charge in [-0.15, -0.1) is 0 Å². The van der Waals surface area contributed by atoms with E-state index in [9.17, 15) is 9.59 Å². The number of rotatable bonds is 1. The topological polar surface area (TPSA) is 48.9 Å². The zero-order chi connectivity index (χ0) is 23.5. The molecule has 0 saturated heterocycles. The van der Waals surface area contributed by atoms with Crippen LogP contribution in [0.4, 0.5) is 0 Å². The number of allylic oxidation sites excluding steroid dienone is 4. The maximum Gasteiger partial charge on any atom is 0.348 e. The molecule has 176 valence electrons. The third kappa shape index (κ3) is 1.59. The summed E-state index contributed by atoms with van der Waals surface area (Å²) in [6.45, 7) is 9.21. The highest BCUT2D eigenvalue weighted by Gasteiger charge is 2.74. The molecular weight excluding hydrogens is 422 g/mol. The summed E-state index contributed by atoms with van der Waals surface area (Å²) in [7, 11) is 0. The first-order valence-electron chi connectivity index (χ1n) is 13.1. The predicted molar refractivity (Wildman–Crippen MR) is 131 cm³/mol. The van der Waals surface area contributed by atoms with Gasteiger partial charge in [0.2, 0.25) is 0 Å². The van der Waals surface area contributed by atoms with Gasteiger partial charge in [-0.3, -0.25) is 0 Å². The van der Waals surface area contributed by atoms with Gasteiger partial charge in [-0.05, 0) is 66.9 Å². The molecule has 0 radical (unpaired) electrons. The van der Waals surface area contributed by atoms with E-state index in [1.165, 1.54) is 17.5 Å². The molecule has 4 bridgehead atoms. The fourth-order valence-corrected chi connectivity index (χ4v) is 10.0. The molecule has 5 nitrogen and oxygen atoms in total. The Morgan fingerprint density at radius 1 is 0.941 bits per heavy atom. The van der Waals surface area contributed by atoms with Gasteiger partial charge >= 0.3 is 11.4 Å². The van der Waals surface area contributed by atoms with Gasteiger partial charge < -0.3 is 0 Å². The van der Waals surface area contributed by atoms with E-state index in [-0.39, 0.29) is 45.1 Å². The minimum atomic E-state index is -0.609. The number of hydrogen-bond acceptors (Lipinski definition) is 2. The van der Waals surface area contributed by atoms with E-state index in [1.54, 1.807) is 4.57 Å². The Balaban J connectivity index is 1.42. The van der Waals surface area contributed by atoms with Crippen molar-refractivity contribution in [3.05, 3.63) is 80.7 Å². The van der Waals surface area contributed by atoms with E-state index in [4.69, 9.17) is 0 Å². The summed E-state index contributed by atoms with van der Waals surface area (Å²) in [5.41, 5.74) is 1.59. The highest BCUT2D eigenvalue weighted by Crippen LogP contribution is 2.73. The van der Waals surface area contributed by atoms with Crippen LogP contribution in [0.3, 0.4) is 0 Å². The Hall–Kier alpha value is -2.56. The van der Waals surface area contributed by atoms with Crippen molar-refractivity contribution in [3.8, 4) is 0 Å². The molecular formula is C29H33N3O2. The van der Waals surface area contributed by atoms with Gasteiger partial charge in [-0.25, -0.2) is 23.5 Å². The van der Waals surface area contributed by atoms with Crippen molar-refractivity contribution in [3.63, 3.8) is 0 Å². The van der Waals surface area contributed by atoms with Gasteiger partial charge in [0.25, 0.3) is 0 Å². The van der Waals surface area contributed by atoms with Gasteiger partial charge in [0.15, 0.2) is 0 Å². The lowest BCUT2D eigenvalue weighted by Crippen LogP contribution is -2.74. The van der Waals surface area contributed by atoms with Gasteiger partial charge in [-0.2, -0.15) is 0 Å². The molecule has 0 N–H and O–H groups in total. The van der Waals surface area contributed by atoms with Crippen molar-refractivity contribution >= 4 is 0 Å². The van der Waals surface area contributed by atoms with Gasteiger partial charge in [-0.1, -0.05) is 69.3 Å². The van der Waals surface area contributed by atoms with Gasteiger partial charge in [0, 0.05) is 11.5 Å². The highest BCUT2D eigenvalue weighted by molar-refractivity contribution is 5.59. The smallest absolute Gasteiger partial charge is 0.246 e. The second-order valence-corrected chi connectivity index (χ2v) is 13.0. The molecule has 5 heteroatoms. The van der Waals surface area contributed by atoms with Crippen molar-refractivity contribution in [1.29, 1.82) is 0 Å². The van der Waals surface area contributed by atoms with Crippen molar-refractivity contribution in [2.45, 2.75) is 82.8 Å². The first kappa shape index (κ1) is 19.7. The fraction of sp³-hybridized carbons (Fsp3) is 0.586. The van der Waals surface area contributed by atoms with Crippen LogP contribution in [0.5, 0.6) is 0 Å². The average molecular weight is 456 g/mol. The molecule has 2 saturated carbocycles. The molecule has 34 heavy (non-hydrogen) atoms. The SMILES string of the molecule is CC1(C)[C@H]2CC[C@@]1(C)[C@H](n1c(=O)n3n(c1=O)[C@@]1(C)C=C[C@H]3[C@@]34C=C[C@@]31c1ccccc1CC4)C2. The summed E-state index contributed by atoms with van der Waals surface area (Å²) >= 11 is 0. The highest BCUT2D eigenvalue weighted by atomic mass is 16.2. The van der Waals surface area contributed by atoms with E-state index in [1.807, 2.05) is 9.36 Å². The monoisotopic (exact) mass is 455 g/mol. The quantitative estimate of drug-likeness (QED) is 0.596. The van der Waals surface area contributed by atoms with Crippen molar-refractivity contribution in [2.75, 3.05) is 0 Å². The Morgan fingerprint density at radius 2 is 1.74 bits per heavy atom. The molecule has 7 atom stereocenters. The maximum atomic E-state index is 14.4. The summed E-state index contributed by atoms with van der Waals surface area (Å²) in [5.74, 6) is 0.575. The Kier molecular flexibility index (Phi) is 3.08. The zero-order valence-electron chi connectivity index (χ0n) is 20.5. The molecule has 2 aliphatic heterocycles. The van der Waals surface area contributed by atoms with E-state index in [0.29, 0.717) is 5.92 Å². The van der Waals surface area contributed by atoms with Crippen molar-refractivity contribution < 1.29 is 0 Å². The van der Waals surface area contributed by atoms with Crippen molar-refractivity contribution in [2.24, 2.45) is 22.2 Å². The lowest BCUT2D eigenvalue weighted by atomic mass is 9.37. The lowest BCUT2D eigenvalue weighted by molar-refractivity contribution is -0.0557. The van der Waals surface area contributed by atoms with E-state index >= 15 is 0 Å². The van der Waals surface area contributed by atoms with Gasteiger partial charge in [0.1, 0.15) is 0 Å². The summed E-state index contributed by atoms with van der Waals surface area (Å²) in [5, 5.41) is 0. The summed E-state index contributed by atoms with van der Waals surface area (Å²) in [6.07, 6.45) is 14.4. The number of aryl methyl sites for hydroxylation is 1. The second-order valence-electron chi connectivity index (χ2n) is 13.0. The maximum absolute atomic E-state index is 14.4. The Morgan fingerprint density at radius 3 is 2.41 bits per heavy atom. The normalized spacial score (nSPS) is 45.5. The summed E-state index contributed by atoms with van der Waals surface area (Å²) in [6, 6.07) is 8.62. The third-order valence-corrected chi connectivity index (χ3v) is 12.3. The standard InChI is InChI=1S/C29H33N3O2/c1-25(2)19-10-12-26(25,3)22(17-19)30-23(33)31-21-11-13-27(4,32(31)24(30)34)29-16-15-28(21,29)14-9-18-7-5-6-8-20(18)29/h5-8,11,13,15-16,19,21-22H,9-10,12,14,17H2,1-4H3/t19-,21-,22+,26-,27-,28+,29-/m0/s1. The molecule has 2 aromatic rings. The molecule has 0 unspecified atom stereocenters. The van der Waals surface area contributed by atoms with Crippen LogP contribution in [0, 0.1) is 22.2 Å². The average Bonchev–Trinajstić information content (AvgIpc) is 3.26. The van der Waals surface area contributed by atoms with E-state index < -0.39 is 5.54 Å². The summed E-state index contributed by atoms with van der Waals surface area (Å²) < 4.78 is 5.42. The van der Waals surface area contributed by atoms with Crippen LogP contribution in [0.2, 0.25) is 0 Å². The van der Waals surface area contributed by atoms with Crippen LogP contribution >= 0.6 is 0 Å². The predicted octanol–water partition coefficient (Wildman–Crippen LogP) is 4.48. The zero-order valence-corrected chi connectivity index (χ0v) is 20.5.